The topological polar surface area (TPSA) is 113 Å². The number of ether oxygens (including phenoxy) is 3. The minimum absolute atomic E-state index is 0.175. The van der Waals surface area contributed by atoms with Gasteiger partial charge in [0, 0.05) is 43.1 Å². The van der Waals surface area contributed by atoms with E-state index in [1.807, 2.05) is 6.92 Å². The molecular formula is C25H33N3O6. The fourth-order valence-corrected chi connectivity index (χ4v) is 4.46. The summed E-state index contributed by atoms with van der Waals surface area (Å²) in [5, 5.41) is 0. The number of carbonyl (C=O) groups is 3. The maximum atomic E-state index is 12.5. The summed E-state index contributed by atoms with van der Waals surface area (Å²) < 4.78 is 17.1. The Morgan fingerprint density at radius 2 is 1.71 bits per heavy atom. The molecule has 0 aliphatic carbocycles. The second kappa shape index (κ2) is 11.8. The lowest BCUT2D eigenvalue weighted by Gasteiger charge is -2.26. The van der Waals surface area contributed by atoms with Gasteiger partial charge in [-0.3, -0.25) is 14.5 Å². The largest absolute Gasteiger partial charge is 0.469 e. The molecule has 1 saturated heterocycles. The SMILES string of the molecule is COC(=O)CCc1c(-c2ccc(C(=O)OC)cc2)c(C(N)=O)c(C)n1CCCN1CCOCC1. The van der Waals surface area contributed by atoms with Crippen LogP contribution in [0.25, 0.3) is 11.1 Å². The van der Waals surface area contributed by atoms with Gasteiger partial charge in [0.25, 0.3) is 5.91 Å². The molecule has 1 fully saturated rings. The van der Waals surface area contributed by atoms with Crippen LogP contribution in [0.5, 0.6) is 0 Å². The van der Waals surface area contributed by atoms with Crippen molar-refractivity contribution in [2.75, 3.05) is 47.1 Å². The van der Waals surface area contributed by atoms with Crippen LogP contribution >= 0.6 is 0 Å². The van der Waals surface area contributed by atoms with Crippen molar-refractivity contribution in [2.24, 2.45) is 5.73 Å². The number of primary amides is 1. The van der Waals surface area contributed by atoms with Gasteiger partial charge in [0.2, 0.25) is 0 Å². The minimum Gasteiger partial charge on any atom is -0.469 e. The Morgan fingerprint density at radius 1 is 1.03 bits per heavy atom. The average Bonchev–Trinajstić information content (AvgIpc) is 3.14. The van der Waals surface area contributed by atoms with Crippen LogP contribution in [0.15, 0.2) is 24.3 Å². The maximum absolute atomic E-state index is 12.5. The van der Waals surface area contributed by atoms with Crippen LogP contribution in [0.2, 0.25) is 0 Å². The van der Waals surface area contributed by atoms with Crippen molar-refractivity contribution < 1.29 is 28.6 Å². The van der Waals surface area contributed by atoms with Crippen LogP contribution in [-0.2, 0) is 32.0 Å². The lowest BCUT2D eigenvalue weighted by molar-refractivity contribution is -0.140. The van der Waals surface area contributed by atoms with Gasteiger partial charge < -0.3 is 24.5 Å². The summed E-state index contributed by atoms with van der Waals surface area (Å²) in [6, 6.07) is 6.85. The lowest BCUT2D eigenvalue weighted by Crippen LogP contribution is -2.37. The van der Waals surface area contributed by atoms with E-state index in [9.17, 15) is 14.4 Å². The highest BCUT2D eigenvalue weighted by molar-refractivity contribution is 6.02. The number of rotatable bonds is 10. The number of hydrogen-bond donors (Lipinski definition) is 1. The molecule has 2 heterocycles. The van der Waals surface area contributed by atoms with Crippen molar-refractivity contribution >= 4 is 17.8 Å². The molecule has 0 saturated carbocycles. The second-order valence-electron chi connectivity index (χ2n) is 8.25. The third kappa shape index (κ3) is 5.84. The van der Waals surface area contributed by atoms with E-state index in [2.05, 4.69) is 9.47 Å². The fraction of sp³-hybridized carbons (Fsp3) is 0.480. The highest BCUT2D eigenvalue weighted by Gasteiger charge is 2.25. The van der Waals surface area contributed by atoms with E-state index in [0.29, 0.717) is 29.7 Å². The summed E-state index contributed by atoms with van der Waals surface area (Å²) in [5.41, 5.74) is 9.71. The number of methoxy groups -OCH3 is 2. The van der Waals surface area contributed by atoms with Gasteiger partial charge >= 0.3 is 11.9 Å². The highest BCUT2D eigenvalue weighted by Crippen LogP contribution is 2.34. The summed E-state index contributed by atoms with van der Waals surface area (Å²) in [7, 11) is 2.68. The Bertz CT molecular complexity index is 1020. The molecule has 0 unspecified atom stereocenters. The van der Waals surface area contributed by atoms with E-state index in [-0.39, 0.29) is 12.4 Å². The molecule has 2 N–H and O–H groups in total. The molecule has 9 nitrogen and oxygen atoms in total. The molecule has 9 heteroatoms. The zero-order valence-corrected chi connectivity index (χ0v) is 20.1. The van der Waals surface area contributed by atoms with Crippen molar-refractivity contribution in [3.63, 3.8) is 0 Å². The maximum Gasteiger partial charge on any atom is 0.337 e. The molecule has 1 aromatic heterocycles. The Morgan fingerprint density at radius 3 is 2.29 bits per heavy atom. The molecule has 0 bridgehead atoms. The zero-order valence-electron chi connectivity index (χ0n) is 20.1. The number of aromatic nitrogens is 1. The zero-order chi connectivity index (χ0) is 24.7. The number of esters is 2. The van der Waals surface area contributed by atoms with E-state index in [1.165, 1.54) is 14.2 Å². The van der Waals surface area contributed by atoms with Crippen LogP contribution in [0, 0.1) is 6.92 Å². The monoisotopic (exact) mass is 471 g/mol. The molecule has 0 atom stereocenters. The van der Waals surface area contributed by atoms with Gasteiger partial charge in [-0.2, -0.15) is 0 Å². The van der Waals surface area contributed by atoms with E-state index < -0.39 is 11.9 Å². The molecule has 2 aromatic rings. The van der Waals surface area contributed by atoms with Crippen LogP contribution in [0.4, 0.5) is 0 Å². The van der Waals surface area contributed by atoms with E-state index in [0.717, 1.165) is 56.2 Å². The molecule has 1 amide bonds. The van der Waals surface area contributed by atoms with E-state index in [1.54, 1.807) is 24.3 Å². The predicted octanol–water partition coefficient (Wildman–Crippen LogP) is 2.18. The minimum atomic E-state index is -0.532. The Labute approximate surface area is 199 Å². The molecule has 34 heavy (non-hydrogen) atoms. The summed E-state index contributed by atoms with van der Waals surface area (Å²) >= 11 is 0. The third-order valence-electron chi connectivity index (χ3n) is 6.23. The number of nitrogens with zero attached hydrogens (tertiary/aromatic N) is 2. The van der Waals surface area contributed by atoms with Crippen LogP contribution in [0.1, 0.15) is 44.9 Å². The molecule has 0 radical (unpaired) electrons. The average molecular weight is 472 g/mol. The van der Waals surface area contributed by atoms with Gasteiger partial charge in [0.15, 0.2) is 0 Å². The molecular weight excluding hydrogens is 438 g/mol. The molecule has 3 rings (SSSR count). The molecule has 184 valence electrons. The van der Waals surface area contributed by atoms with Crippen molar-refractivity contribution in [2.45, 2.75) is 32.7 Å². The van der Waals surface area contributed by atoms with Crippen LogP contribution in [0.3, 0.4) is 0 Å². The van der Waals surface area contributed by atoms with Crippen LogP contribution in [-0.4, -0.2) is 74.4 Å². The van der Waals surface area contributed by atoms with Gasteiger partial charge in [-0.1, -0.05) is 12.1 Å². The number of benzene rings is 1. The van der Waals surface area contributed by atoms with Crippen molar-refractivity contribution in [1.29, 1.82) is 0 Å². The quantitative estimate of drug-likeness (QED) is 0.529. The molecule has 1 aromatic carbocycles. The van der Waals surface area contributed by atoms with Gasteiger partial charge in [0.05, 0.1) is 45.0 Å². The summed E-state index contributed by atoms with van der Waals surface area (Å²) in [5.74, 6) is -1.30. The first-order valence-corrected chi connectivity index (χ1v) is 11.4. The third-order valence-corrected chi connectivity index (χ3v) is 6.23. The standard InChI is InChI=1S/C25H33N3O6/c1-17-22(24(26)30)23(18-5-7-19(8-6-18)25(31)33-3)20(9-10-21(29)32-2)28(17)12-4-11-27-13-15-34-16-14-27/h5-8H,4,9-16H2,1-3H3,(H2,26,30). The fourth-order valence-electron chi connectivity index (χ4n) is 4.46. The summed E-state index contributed by atoms with van der Waals surface area (Å²) in [4.78, 5) is 38.7. The first-order valence-electron chi connectivity index (χ1n) is 11.4. The van der Waals surface area contributed by atoms with Crippen molar-refractivity contribution in [3.05, 3.63) is 46.8 Å². The normalized spacial score (nSPS) is 14.1. The Kier molecular flexibility index (Phi) is 8.84. The van der Waals surface area contributed by atoms with Gasteiger partial charge in [-0.15, -0.1) is 0 Å². The number of carbonyl (C=O) groups excluding carboxylic acids is 3. The van der Waals surface area contributed by atoms with E-state index >= 15 is 0 Å². The van der Waals surface area contributed by atoms with Gasteiger partial charge in [-0.25, -0.2) is 4.79 Å². The Balaban J connectivity index is 1.98. The predicted molar refractivity (Wildman–Crippen MR) is 127 cm³/mol. The van der Waals surface area contributed by atoms with Gasteiger partial charge in [-0.05, 0) is 37.5 Å². The number of amides is 1. The first kappa shape index (κ1) is 25.5. The first-order chi connectivity index (χ1) is 16.4. The summed E-state index contributed by atoms with van der Waals surface area (Å²) in [6.07, 6.45) is 1.45. The molecule has 1 aliphatic heterocycles. The molecule has 1 aliphatic rings. The smallest absolute Gasteiger partial charge is 0.337 e. The van der Waals surface area contributed by atoms with E-state index in [4.69, 9.17) is 19.9 Å². The second-order valence-corrected chi connectivity index (χ2v) is 8.25. The highest BCUT2D eigenvalue weighted by atomic mass is 16.5. The Hall–Kier alpha value is -3.17. The van der Waals surface area contributed by atoms with Gasteiger partial charge in [0.1, 0.15) is 0 Å². The van der Waals surface area contributed by atoms with Crippen molar-refractivity contribution in [3.8, 4) is 11.1 Å². The van der Waals surface area contributed by atoms with Crippen LogP contribution < -0.4 is 5.73 Å². The molecule has 0 spiro atoms. The number of morpholine rings is 1. The summed E-state index contributed by atoms with van der Waals surface area (Å²) in [6.45, 7) is 6.76. The number of nitrogens with two attached hydrogens (primary N) is 1. The number of hydrogen-bond acceptors (Lipinski definition) is 7. The van der Waals surface area contributed by atoms with Crippen molar-refractivity contribution in [1.82, 2.24) is 9.47 Å². The lowest BCUT2D eigenvalue weighted by atomic mass is 9.97.